The second-order valence-electron chi connectivity index (χ2n) is 6.22. The number of piperidine rings is 1. The SMILES string of the molecule is NC(=O)C1(O)CCN(c2cc(-c3ccccc3)nc3ncnn23)CC1. The Morgan fingerprint density at radius 3 is 2.60 bits per heavy atom. The minimum atomic E-state index is -1.44. The van der Waals surface area contributed by atoms with Crippen molar-refractivity contribution in [1.82, 2.24) is 19.6 Å². The Morgan fingerprint density at radius 1 is 1.20 bits per heavy atom. The van der Waals surface area contributed by atoms with Crippen LogP contribution in [0.3, 0.4) is 0 Å². The van der Waals surface area contributed by atoms with Crippen LogP contribution in [0.5, 0.6) is 0 Å². The molecule has 3 N–H and O–H groups in total. The lowest BCUT2D eigenvalue weighted by Crippen LogP contribution is -2.52. The molecule has 1 amide bonds. The number of rotatable bonds is 3. The number of benzene rings is 1. The lowest BCUT2D eigenvalue weighted by molar-refractivity contribution is -0.138. The summed E-state index contributed by atoms with van der Waals surface area (Å²) < 4.78 is 1.67. The van der Waals surface area contributed by atoms with Gasteiger partial charge in [0.15, 0.2) is 0 Å². The van der Waals surface area contributed by atoms with Crippen LogP contribution in [-0.2, 0) is 4.79 Å². The standard InChI is InChI=1S/C17H18N6O2/c18-15(24)17(25)6-8-22(9-7-17)14-10-13(12-4-2-1-3-5-12)21-16-19-11-20-23(14)16/h1-5,10-11,25H,6-9H2,(H2,18,24). The number of carbonyl (C=O) groups excluding carboxylic acids is 1. The van der Waals surface area contributed by atoms with Gasteiger partial charge in [-0.3, -0.25) is 4.79 Å². The van der Waals surface area contributed by atoms with E-state index >= 15 is 0 Å². The number of aliphatic hydroxyl groups is 1. The van der Waals surface area contributed by atoms with Gasteiger partial charge in [-0.05, 0) is 0 Å². The fourth-order valence-electron chi connectivity index (χ4n) is 3.13. The zero-order valence-corrected chi connectivity index (χ0v) is 13.5. The number of hydrogen-bond acceptors (Lipinski definition) is 6. The van der Waals surface area contributed by atoms with E-state index in [1.807, 2.05) is 36.4 Å². The Hall–Kier alpha value is -3.00. The Labute approximate surface area is 143 Å². The summed E-state index contributed by atoms with van der Waals surface area (Å²) in [5.74, 6) is 0.665. The Balaban J connectivity index is 1.72. The fourth-order valence-corrected chi connectivity index (χ4v) is 3.13. The number of hydrogen-bond donors (Lipinski definition) is 2. The van der Waals surface area contributed by atoms with E-state index < -0.39 is 11.5 Å². The summed E-state index contributed by atoms with van der Waals surface area (Å²) in [4.78, 5) is 22.3. The largest absolute Gasteiger partial charge is 0.380 e. The molecule has 0 unspecified atom stereocenters. The fraction of sp³-hybridized carbons (Fsp3) is 0.294. The summed E-state index contributed by atoms with van der Waals surface area (Å²) in [5, 5.41) is 14.5. The average Bonchev–Trinajstić information content (AvgIpc) is 3.11. The van der Waals surface area contributed by atoms with Crippen LogP contribution >= 0.6 is 0 Å². The summed E-state index contributed by atoms with van der Waals surface area (Å²) in [5.41, 5.74) is 5.66. The molecule has 8 heteroatoms. The molecule has 0 atom stereocenters. The maximum absolute atomic E-state index is 11.4. The van der Waals surface area contributed by atoms with Crippen LogP contribution in [0.2, 0.25) is 0 Å². The first kappa shape index (κ1) is 15.5. The maximum Gasteiger partial charge on any atom is 0.254 e. The lowest BCUT2D eigenvalue weighted by Gasteiger charge is -2.37. The minimum absolute atomic E-state index is 0.279. The lowest BCUT2D eigenvalue weighted by atomic mass is 9.91. The first-order valence-electron chi connectivity index (χ1n) is 8.10. The van der Waals surface area contributed by atoms with E-state index in [0.29, 0.717) is 18.9 Å². The van der Waals surface area contributed by atoms with Crippen LogP contribution in [0.25, 0.3) is 17.0 Å². The number of nitrogens with zero attached hydrogens (tertiary/aromatic N) is 5. The first-order valence-corrected chi connectivity index (χ1v) is 8.10. The highest BCUT2D eigenvalue weighted by Gasteiger charge is 2.38. The molecule has 2 aromatic heterocycles. The van der Waals surface area contributed by atoms with Gasteiger partial charge < -0.3 is 15.7 Å². The molecule has 3 heterocycles. The van der Waals surface area contributed by atoms with E-state index in [4.69, 9.17) is 5.73 Å². The molecule has 1 aromatic carbocycles. The molecule has 1 fully saturated rings. The number of carbonyl (C=O) groups is 1. The van der Waals surface area contributed by atoms with Gasteiger partial charge in [0.2, 0.25) is 5.91 Å². The number of aromatic nitrogens is 4. The Morgan fingerprint density at radius 2 is 1.92 bits per heavy atom. The highest BCUT2D eigenvalue weighted by atomic mass is 16.3. The van der Waals surface area contributed by atoms with E-state index in [1.54, 1.807) is 4.52 Å². The van der Waals surface area contributed by atoms with Crippen LogP contribution < -0.4 is 10.6 Å². The van der Waals surface area contributed by atoms with E-state index in [-0.39, 0.29) is 12.8 Å². The molecule has 0 spiro atoms. The highest BCUT2D eigenvalue weighted by Crippen LogP contribution is 2.28. The predicted octanol–water partition coefficient (Wildman–Crippen LogP) is 0.608. The van der Waals surface area contributed by atoms with Gasteiger partial charge in [-0.1, -0.05) is 30.3 Å². The number of amides is 1. The average molecular weight is 338 g/mol. The van der Waals surface area contributed by atoms with E-state index in [9.17, 15) is 9.90 Å². The molecule has 1 aliphatic rings. The summed E-state index contributed by atoms with van der Waals surface area (Å²) in [6.07, 6.45) is 2.02. The molecule has 1 saturated heterocycles. The number of nitrogens with two attached hydrogens (primary N) is 1. The second-order valence-corrected chi connectivity index (χ2v) is 6.22. The van der Waals surface area contributed by atoms with Crippen molar-refractivity contribution in [2.24, 2.45) is 5.73 Å². The van der Waals surface area contributed by atoms with Crippen LogP contribution in [-0.4, -0.2) is 49.3 Å². The summed E-state index contributed by atoms with van der Waals surface area (Å²) >= 11 is 0. The summed E-state index contributed by atoms with van der Waals surface area (Å²) in [6, 6.07) is 11.8. The quantitative estimate of drug-likeness (QED) is 0.724. The number of anilines is 1. The van der Waals surface area contributed by atoms with Crippen LogP contribution in [0, 0.1) is 0 Å². The van der Waals surface area contributed by atoms with Gasteiger partial charge in [0.25, 0.3) is 5.78 Å². The van der Waals surface area contributed by atoms with E-state index in [2.05, 4.69) is 20.0 Å². The molecule has 0 radical (unpaired) electrons. The summed E-state index contributed by atoms with van der Waals surface area (Å²) in [6.45, 7) is 0.985. The molecule has 0 aliphatic carbocycles. The molecule has 1 aliphatic heterocycles. The van der Waals surface area contributed by atoms with E-state index in [1.165, 1.54) is 6.33 Å². The molecule has 25 heavy (non-hydrogen) atoms. The van der Waals surface area contributed by atoms with Crippen molar-refractivity contribution < 1.29 is 9.90 Å². The third-order valence-electron chi connectivity index (χ3n) is 4.68. The van der Waals surface area contributed by atoms with Gasteiger partial charge in [-0.2, -0.15) is 14.6 Å². The molecular formula is C17H18N6O2. The van der Waals surface area contributed by atoms with Gasteiger partial charge in [-0.15, -0.1) is 0 Å². The number of primary amides is 1. The van der Waals surface area contributed by atoms with Gasteiger partial charge in [-0.25, -0.2) is 4.98 Å². The van der Waals surface area contributed by atoms with Crippen molar-refractivity contribution in [3.05, 3.63) is 42.7 Å². The third kappa shape index (κ3) is 2.70. The maximum atomic E-state index is 11.4. The van der Waals surface area contributed by atoms with Crippen LogP contribution in [0.15, 0.2) is 42.7 Å². The van der Waals surface area contributed by atoms with Crippen molar-refractivity contribution in [2.45, 2.75) is 18.4 Å². The second kappa shape index (κ2) is 5.82. The van der Waals surface area contributed by atoms with Gasteiger partial charge in [0, 0.05) is 37.6 Å². The number of fused-ring (bicyclic) bond motifs is 1. The van der Waals surface area contributed by atoms with Crippen molar-refractivity contribution in [1.29, 1.82) is 0 Å². The van der Waals surface area contributed by atoms with Crippen molar-refractivity contribution in [3.8, 4) is 11.3 Å². The molecule has 0 bridgehead atoms. The minimum Gasteiger partial charge on any atom is -0.380 e. The van der Waals surface area contributed by atoms with Gasteiger partial charge >= 0.3 is 0 Å². The summed E-state index contributed by atoms with van der Waals surface area (Å²) in [7, 11) is 0. The topological polar surface area (TPSA) is 110 Å². The molecule has 4 rings (SSSR count). The van der Waals surface area contributed by atoms with Gasteiger partial charge in [0.05, 0.1) is 5.69 Å². The Bertz CT molecular complexity index is 915. The van der Waals surface area contributed by atoms with Crippen molar-refractivity contribution in [3.63, 3.8) is 0 Å². The van der Waals surface area contributed by atoms with Crippen molar-refractivity contribution >= 4 is 17.5 Å². The Kier molecular flexibility index (Phi) is 3.61. The molecule has 128 valence electrons. The molecule has 0 saturated carbocycles. The van der Waals surface area contributed by atoms with Gasteiger partial charge in [0.1, 0.15) is 17.7 Å². The molecule has 8 nitrogen and oxygen atoms in total. The van der Waals surface area contributed by atoms with Crippen LogP contribution in [0.1, 0.15) is 12.8 Å². The zero-order chi connectivity index (χ0) is 17.4. The predicted molar refractivity (Wildman–Crippen MR) is 91.8 cm³/mol. The normalized spacial score (nSPS) is 16.9. The van der Waals surface area contributed by atoms with Crippen LogP contribution in [0.4, 0.5) is 5.82 Å². The van der Waals surface area contributed by atoms with E-state index in [0.717, 1.165) is 17.1 Å². The zero-order valence-electron chi connectivity index (χ0n) is 13.5. The third-order valence-corrected chi connectivity index (χ3v) is 4.68. The monoisotopic (exact) mass is 338 g/mol. The smallest absolute Gasteiger partial charge is 0.254 e. The first-order chi connectivity index (χ1) is 12.1. The van der Waals surface area contributed by atoms with Crippen molar-refractivity contribution in [2.75, 3.05) is 18.0 Å². The molecular weight excluding hydrogens is 320 g/mol. The molecule has 3 aromatic rings. The highest BCUT2D eigenvalue weighted by molar-refractivity contribution is 5.83.